The highest BCUT2D eigenvalue weighted by Gasteiger charge is 2.17. The van der Waals surface area contributed by atoms with Gasteiger partial charge in [-0.1, -0.05) is 24.3 Å². The summed E-state index contributed by atoms with van der Waals surface area (Å²) in [4.78, 5) is 4.30. The molecule has 0 spiro atoms. The van der Waals surface area contributed by atoms with E-state index in [0.29, 0.717) is 11.4 Å². The molecular formula is C13H15N3O2S. The Hall–Kier alpha value is -1.92. The lowest BCUT2D eigenvalue weighted by Gasteiger charge is -2.10. The minimum atomic E-state index is -3.67. The number of hydrogen-bond donors (Lipinski definition) is 2. The van der Waals surface area contributed by atoms with E-state index in [4.69, 9.17) is 5.73 Å². The minimum Gasteiger partial charge on any atom is -0.326 e. The van der Waals surface area contributed by atoms with E-state index >= 15 is 0 Å². The highest BCUT2D eigenvalue weighted by molar-refractivity contribution is 7.92. The standard InChI is InChI=1S/C13H15N3O2S/c1-10-5-4-8-13(15-10)16-19(17,18)12-7-3-2-6-11(12)9-14/h2-8H,9,14H2,1H3,(H,15,16). The topological polar surface area (TPSA) is 85.1 Å². The molecule has 1 heterocycles. The Morgan fingerprint density at radius 3 is 2.58 bits per heavy atom. The van der Waals surface area contributed by atoms with Gasteiger partial charge in [-0.3, -0.25) is 4.72 Å². The van der Waals surface area contributed by atoms with Crippen LogP contribution in [0.3, 0.4) is 0 Å². The number of rotatable bonds is 4. The van der Waals surface area contributed by atoms with E-state index in [-0.39, 0.29) is 11.4 Å². The normalized spacial score (nSPS) is 11.3. The average molecular weight is 277 g/mol. The molecule has 1 aromatic heterocycles. The van der Waals surface area contributed by atoms with Gasteiger partial charge < -0.3 is 5.73 Å². The van der Waals surface area contributed by atoms with Crippen LogP contribution in [0.25, 0.3) is 0 Å². The van der Waals surface area contributed by atoms with Crippen LogP contribution in [-0.2, 0) is 16.6 Å². The summed E-state index contributed by atoms with van der Waals surface area (Å²) in [5.41, 5.74) is 6.87. The first-order valence-electron chi connectivity index (χ1n) is 5.77. The number of benzene rings is 1. The van der Waals surface area contributed by atoms with Crippen molar-refractivity contribution >= 4 is 15.8 Å². The second-order valence-corrected chi connectivity index (χ2v) is 5.73. The molecule has 0 aliphatic carbocycles. The number of aryl methyl sites for hydroxylation is 1. The van der Waals surface area contributed by atoms with Gasteiger partial charge >= 0.3 is 0 Å². The molecule has 5 nitrogen and oxygen atoms in total. The quantitative estimate of drug-likeness (QED) is 0.889. The van der Waals surface area contributed by atoms with E-state index < -0.39 is 10.0 Å². The summed E-state index contributed by atoms with van der Waals surface area (Å²) in [5, 5.41) is 0. The number of nitrogens with one attached hydrogen (secondary N) is 1. The predicted molar refractivity (Wildman–Crippen MR) is 74.1 cm³/mol. The van der Waals surface area contributed by atoms with Crippen LogP contribution in [0.2, 0.25) is 0 Å². The maximum Gasteiger partial charge on any atom is 0.263 e. The molecule has 0 fully saturated rings. The van der Waals surface area contributed by atoms with Crippen LogP contribution in [0.1, 0.15) is 11.3 Å². The first-order valence-corrected chi connectivity index (χ1v) is 7.26. The summed E-state index contributed by atoms with van der Waals surface area (Å²) < 4.78 is 27.0. The molecule has 0 aliphatic heterocycles. The van der Waals surface area contributed by atoms with Crippen LogP contribution >= 0.6 is 0 Å². The summed E-state index contributed by atoms with van der Waals surface area (Å²) in [5.74, 6) is 0.298. The first kappa shape index (κ1) is 13.5. The zero-order chi connectivity index (χ0) is 13.9. The third-order valence-electron chi connectivity index (χ3n) is 2.61. The third-order valence-corrected chi connectivity index (χ3v) is 4.06. The largest absolute Gasteiger partial charge is 0.326 e. The summed E-state index contributed by atoms with van der Waals surface area (Å²) >= 11 is 0. The predicted octanol–water partition coefficient (Wildman–Crippen LogP) is 1.65. The zero-order valence-electron chi connectivity index (χ0n) is 10.5. The van der Waals surface area contributed by atoms with Crippen molar-refractivity contribution in [3.63, 3.8) is 0 Å². The fourth-order valence-electron chi connectivity index (χ4n) is 1.73. The Morgan fingerprint density at radius 2 is 1.89 bits per heavy atom. The Labute approximate surface area is 112 Å². The highest BCUT2D eigenvalue weighted by atomic mass is 32.2. The molecule has 1 aromatic carbocycles. The van der Waals surface area contributed by atoms with Crippen molar-refractivity contribution in [2.24, 2.45) is 5.73 Å². The molecule has 0 radical (unpaired) electrons. The molecule has 0 atom stereocenters. The Kier molecular flexibility index (Phi) is 3.82. The van der Waals surface area contributed by atoms with E-state index in [0.717, 1.165) is 5.69 Å². The number of nitrogens with two attached hydrogens (primary N) is 1. The molecule has 0 saturated heterocycles. The van der Waals surface area contributed by atoms with Gasteiger partial charge in [-0.05, 0) is 30.7 Å². The Balaban J connectivity index is 2.38. The van der Waals surface area contributed by atoms with Crippen molar-refractivity contribution in [1.29, 1.82) is 0 Å². The van der Waals surface area contributed by atoms with Gasteiger partial charge in [0.25, 0.3) is 10.0 Å². The van der Waals surface area contributed by atoms with Crippen molar-refractivity contribution in [3.8, 4) is 0 Å². The molecule has 0 saturated carbocycles. The van der Waals surface area contributed by atoms with Crippen molar-refractivity contribution < 1.29 is 8.42 Å². The fourth-order valence-corrected chi connectivity index (χ4v) is 2.98. The number of aromatic nitrogens is 1. The summed E-state index contributed by atoms with van der Waals surface area (Å²) in [6.07, 6.45) is 0. The van der Waals surface area contributed by atoms with Crippen LogP contribution in [0, 0.1) is 6.92 Å². The molecule has 0 unspecified atom stereocenters. The smallest absolute Gasteiger partial charge is 0.263 e. The zero-order valence-corrected chi connectivity index (χ0v) is 11.3. The summed E-state index contributed by atoms with van der Waals surface area (Å²) in [7, 11) is -3.67. The van der Waals surface area contributed by atoms with Gasteiger partial charge in [0, 0.05) is 12.2 Å². The van der Waals surface area contributed by atoms with Crippen LogP contribution in [-0.4, -0.2) is 13.4 Å². The number of hydrogen-bond acceptors (Lipinski definition) is 4. The molecule has 0 amide bonds. The Bertz CT molecular complexity index is 684. The molecule has 19 heavy (non-hydrogen) atoms. The summed E-state index contributed by atoms with van der Waals surface area (Å²) in [6.45, 7) is 1.96. The van der Waals surface area contributed by atoms with E-state index in [1.54, 1.807) is 43.3 Å². The van der Waals surface area contributed by atoms with Gasteiger partial charge in [0.05, 0.1) is 4.90 Å². The number of anilines is 1. The van der Waals surface area contributed by atoms with Gasteiger partial charge in [0.2, 0.25) is 0 Å². The van der Waals surface area contributed by atoms with E-state index in [9.17, 15) is 8.42 Å². The summed E-state index contributed by atoms with van der Waals surface area (Å²) in [6, 6.07) is 11.8. The number of nitrogens with zero attached hydrogens (tertiary/aromatic N) is 1. The average Bonchev–Trinajstić information content (AvgIpc) is 2.38. The molecule has 2 rings (SSSR count). The van der Waals surface area contributed by atoms with Gasteiger partial charge in [-0.15, -0.1) is 0 Å². The van der Waals surface area contributed by atoms with Gasteiger partial charge in [0.1, 0.15) is 5.82 Å². The Morgan fingerprint density at radius 1 is 1.16 bits per heavy atom. The van der Waals surface area contributed by atoms with Gasteiger partial charge in [-0.2, -0.15) is 0 Å². The second kappa shape index (κ2) is 5.38. The fraction of sp³-hybridized carbons (Fsp3) is 0.154. The lowest BCUT2D eigenvalue weighted by Crippen LogP contribution is -2.17. The molecule has 6 heteroatoms. The van der Waals surface area contributed by atoms with Crippen LogP contribution in [0.15, 0.2) is 47.4 Å². The third kappa shape index (κ3) is 3.10. The maximum atomic E-state index is 12.3. The van der Waals surface area contributed by atoms with Gasteiger partial charge in [-0.25, -0.2) is 13.4 Å². The molecule has 0 bridgehead atoms. The van der Waals surface area contributed by atoms with Crippen molar-refractivity contribution in [1.82, 2.24) is 4.98 Å². The van der Waals surface area contributed by atoms with Crippen LogP contribution in [0.5, 0.6) is 0 Å². The SMILES string of the molecule is Cc1cccc(NS(=O)(=O)c2ccccc2CN)n1. The van der Waals surface area contributed by atoms with E-state index in [1.165, 1.54) is 6.07 Å². The van der Waals surface area contributed by atoms with Crippen LogP contribution in [0.4, 0.5) is 5.82 Å². The first-order chi connectivity index (χ1) is 9.03. The lowest BCUT2D eigenvalue weighted by atomic mass is 10.2. The highest BCUT2D eigenvalue weighted by Crippen LogP contribution is 2.18. The second-order valence-electron chi connectivity index (χ2n) is 4.08. The van der Waals surface area contributed by atoms with Crippen molar-refractivity contribution in [3.05, 3.63) is 53.7 Å². The van der Waals surface area contributed by atoms with E-state index in [1.807, 2.05) is 0 Å². The minimum absolute atomic E-state index is 0.165. The molecule has 0 aliphatic rings. The number of pyridine rings is 1. The number of sulfonamides is 1. The molecule has 100 valence electrons. The van der Waals surface area contributed by atoms with Crippen molar-refractivity contribution in [2.75, 3.05) is 4.72 Å². The molecule has 2 aromatic rings. The van der Waals surface area contributed by atoms with Crippen molar-refractivity contribution in [2.45, 2.75) is 18.4 Å². The molecular weight excluding hydrogens is 262 g/mol. The molecule has 3 N–H and O–H groups in total. The van der Waals surface area contributed by atoms with E-state index in [2.05, 4.69) is 9.71 Å². The van der Waals surface area contributed by atoms with Crippen LogP contribution < -0.4 is 10.5 Å². The lowest BCUT2D eigenvalue weighted by molar-refractivity contribution is 0.600. The van der Waals surface area contributed by atoms with Gasteiger partial charge in [0.15, 0.2) is 0 Å². The maximum absolute atomic E-state index is 12.3. The monoisotopic (exact) mass is 277 g/mol.